The predicted octanol–water partition coefficient (Wildman–Crippen LogP) is 3.88. The van der Waals surface area contributed by atoms with Gasteiger partial charge in [0.05, 0.1) is 18.4 Å². The van der Waals surface area contributed by atoms with Gasteiger partial charge in [-0.25, -0.2) is 0 Å². The fourth-order valence-corrected chi connectivity index (χ4v) is 1.78. The van der Waals surface area contributed by atoms with E-state index in [4.69, 9.17) is 15.2 Å². The maximum atomic E-state index is 12.6. The Morgan fingerprint density at radius 2 is 1.86 bits per heavy atom. The predicted molar refractivity (Wildman–Crippen MR) is 73.2 cm³/mol. The van der Waals surface area contributed by atoms with Crippen molar-refractivity contribution in [3.63, 3.8) is 0 Å². The normalized spacial score (nSPS) is 11.2. The summed E-state index contributed by atoms with van der Waals surface area (Å²) in [5.74, 6) is 0.979. The van der Waals surface area contributed by atoms with E-state index in [1.165, 1.54) is 13.2 Å². The number of hydrogen-bond acceptors (Lipinski definition) is 3. The van der Waals surface area contributed by atoms with E-state index in [1.807, 2.05) is 0 Å². The summed E-state index contributed by atoms with van der Waals surface area (Å²) in [4.78, 5) is 0. The molecule has 0 bridgehead atoms. The van der Waals surface area contributed by atoms with Crippen molar-refractivity contribution in [2.75, 3.05) is 12.8 Å². The summed E-state index contributed by atoms with van der Waals surface area (Å²) in [6, 6.07) is 9.85. The minimum atomic E-state index is -4.37. The molecule has 21 heavy (non-hydrogen) atoms. The van der Waals surface area contributed by atoms with Crippen LogP contribution in [0.5, 0.6) is 11.5 Å². The Morgan fingerprint density at radius 3 is 2.48 bits per heavy atom. The molecule has 6 heteroatoms. The van der Waals surface area contributed by atoms with E-state index in [0.717, 1.165) is 12.1 Å². The zero-order chi connectivity index (χ0) is 15.5. The van der Waals surface area contributed by atoms with Gasteiger partial charge in [0, 0.05) is 6.07 Å². The van der Waals surface area contributed by atoms with Gasteiger partial charge in [0.15, 0.2) is 0 Å². The number of nitrogens with two attached hydrogens (primary N) is 1. The molecule has 112 valence electrons. The van der Waals surface area contributed by atoms with Gasteiger partial charge in [0.25, 0.3) is 0 Å². The molecule has 3 nitrogen and oxygen atoms in total. The number of methoxy groups -OCH3 is 1. The first-order valence-electron chi connectivity index (χ1n) is 6.12. The molecule has 0 saturated carbocycles. The molecule has 0 heterocycles. The van der Waals surface area contributed by atoms with Gasteiger partial charge >= 0.3 is 6.18 Å². The Bertz CT molecular complexity index is 627. The zero-order valence-corrected chi connectivity index (χ0v) is 11.3. The first kappa shape index (κ1) is 15.0. The second-order valence-corrected chi connectivity index (χ2v) is 4.39. The molecule has 2 aromatic carbocycles. The lowest BCUT2D eigenvalue weighted by atomic mass is 10.1. The third-order valence-electron chi connectivity index (χ3n) is 2.87. The standard InChI is InChI=1S/C15H14F3NO2/c1-20-12-5-6-14(13(19)8-12)21-9-10-3-2-4-11(7-10)15(16,17)18/h2-8H,9,19H2,1H3. The molecule has 0 unspecified atom stereocenters. The van der Waals surface area contributed by atoms with Crippen LogP contribution < -0.4 is 15.2 Å². The van der Waals surface area contributed by atoms with Gasteiger partial charge in [0.2, 0.25) is 0 Å². The largest absolute Gasteiger partial charge is 0.497 e. The molecular weight excluding hydrogens is 283 g/mol. The Hall–Kier alpha value is -2.37. The summed E-state index contributed by atoms with van der Waals surface area (Å²) >= 11 is 0. The molecule has 0 fully saturated rings. The van der Waals surface area contributed by atoms with Crippen LogP contribution in [-0.4, -0.2) is 7.11 Å². The molecule has 0 amide bonds. The van der Waals surface area contributed by atoms with E-state index in [1.54, 1.807) is 24.3 Å². The van der Waals surface area contributed by atoms with Crippen LogP contribution in [0, 0.1) is 0 Å². The molecule has 2 rings (SSSR count). The van der Waals surface area contributed by atoms with Crippen LogP contribution in [0.3, 0.4) is 0 Å². The molecular formula is C15H14F3NO2. The Labute approximate surface area is 120 Å². The highest BCUT2D eigenvalue weighted by atomic mass is 19.4. The van der Waals surface area contributed by atoms with Crippen molar-refractivity contribution in [1.82, 2.24) is 0 Å². The summed E-state index contributed by atoms with van der Waals surface area (Å²) in [5.41, 5.74) is 5.85. The van der Waals surface area contributed by atoms with Crippen LogP contribution in [0.25, 0.3) is 0 Å². The maximum Gasteiger partial charge on any atom is 0.416 e. The smallest absolute Gasteiger partial charge is 0.416 e. The van der Waals surface area contributed by atoms with E-state index in [2.05, 4.69) is 0 Å². The summed E-state index contributed by atoms with van der Waals surface area (Å²) in [6.07, 6.45) is -4.37. The lowest BCUT2D eigenvalue weighted by Crippen LogP contribution is -2.06. The number of ether oxygens (including phenoxy) is 2. The SMILES string of the molecule is COc1ccc(OCc2cccc(C(F)(F)F)c2)c(N)c1. The topological polar surface area (TPSA) is 44.5 Å². The van der Waals surface area contributed by atoms with Gasteiger partial charge in [-0.15, -0.1) is 0 Å². The molecule has 0 spiro atoms. The number of nitrogen functional groups attached to an aromatic ring is 1. The number of hydrogen-bond donors (Lipinski definition) is 1. The highest BCUT2D eigenvalue weighted by molar-refractivity contribution is 5.56. The summed E-state index contributed by atoms with van der Waals surface area (Å²) in [6.45, 7) is 0.000445. The van der Waals surface area contributed by atoms with E-state index in [0.29, 0.717) is 22.7 Å². The molecule has 0 atom stereocenters. The van der Waals surface area contributed by atoms with Crippen molar-refractivity contribution < 1.29 is 22.6 Å². The Kier molecular flexibility index (Phi) is 4.26. The van der Waals surface area contributed by atoms with Gasteiger partial charge in [-0.2, -0.15) is 13.2 Å². The third kappa shape index (κ3) is 3.81. The minimum absolute atomic E-state index is 0.000445. The molecule has 0 aromatic heterocycles. The van der Waals surface area contributed by atoms with Crippen LogP contribution in [0.1, 0.15) is 11.1 Å². The quantitative estimate of drug-likeness (QED) is 0.871. The number of anilines is 1. The van der Waals surface area contributed by atoms with Gasteiger partial charge < -0.3 is 15.2 Å². The van der Waals surface area contributed by atoms with Crippen LogP contribution in [0.2, 0.25) is 0 Å². The monoisotopic (exact) mass is 297 g/mol. The number of halogens is 3. The Morgan fingerprint density at radius 1 is 1.10 bits per heavy atom. The van der Waals surface area contributed by atoms with Crippen LogP contribution >= 0.6 is 0 Å². The van der Waals surface area contributed by atoms with E-state index in [-0.39, 0.29) is 6.61 Å². The molecule has 2 N–H and O–H groups in total. The maximum absolute atomic E-state index is 12.6. The Balaban J connectivity index is 2.10. The van der Waals surface area contributed by atoms with Crippen LogP contribution in [-0.2, 0) is 12.8 Å². The van der Waals surface area contributed by atoms with Crippen molar-refractivity contribution in [3.05, 3.63) is 53.6 Å². The lowest BCUT2D eigenvalue weighted by molar-refractivity contribution is -0.137. The summed E-state index contributed by atoms with van der Waals surface area (Å²) in [5, 5.41) is 0. The van der Waals surface area contributed by atoms with E-state index < -0.39 is 11.7 Å². The van der Waals surface area contributed by atoms with Gasteiger partial charge in [-0.05, 0) is 29.8 Å². The molecule has 2 aromatic rings. The van der Waals surface area contributed by atoms with Gasteiger partial charge in [-0.3, -0.25) is 0 Å². The van der Waals surface area contributed by atoms with Gasteiger partial charge in [0.1, 0.15) is 18.1 Å². The third-order valence-corrected chi connectivity index (χ3v) is 2.87. The van der Waals surface area contributed by atoms with Crippen molar-refractivity contribution in [2.24, 2.45) is 0 Å². The van der Waals surface area contributed by atoms with Crippen molar-refractivity contribution in [3.8, 4) is 11.5 Å². The summed E-state index contributed by atoms with van der Waals surface area (Å²) < 4.78 is 48.3. The van der Waals surface area contributed by atoms with Crippen LogP contribution in [0.4, 0.5) is 18.9 Å². The molecule has 0 saturated heterocycles. The van der Waals surface area contributed by atoms with Crippen molar-refractivity contribution in [1.29, 1.82) is 0 Å². The van der Waals surface area contributed by atoms with Crippen molar-refractivity contribution in [2.45, 2.75) is 12.8 Å². The van der Waals surface area contributed by atoms with Gasteiger partial charge in [-0.1, -0.05) is 12.1 Å². The molecule has 0 aliphatic carbocycles. The number of benzene rings is 2. The first-order valence-corrected chi connectivity index (χ1v) is 6.12. The van der Waals surface area contributed by atoms with E-state index in [9.17, 15) is 13.2 Å². The van der Waals surface area contributed by atoms with Crippen LogP contribution in [0.15, 0.2) is 42.5 Å². The second-order valence-electron chi connectivity index (χ2n) is 4.39. The lowest BCUT2D eigenvalue weighted by Gasteiger charge is -2.12. The highest BCUT2D eigenvalue weighted by Crippen LogP contribution is 2.30. The number of alkyl halides is 3. The minimum Gasteiger partial charge on any atom is -0.497 e. The average molecular weight is 297 g/mol. The number of rotatable bonds is 4. The highest BCUT2D eigenvalue weighted by Gasteiger charge is 2.30. The zero-order valence-electron chi connectivity index (χ0n) is 11.3. The average Bonchev–Trinajstić information content (AvgIpc) is 2.45. The van der Waals surface area contributed by atoms with Crippen molar-refractivity contribution >= 4 is 5.69 Å². The van der Waals surface area contributed by atoms with E-state index >= 15 is 0 Å². The fraction of sp³-hybridized carbons (Fsp3) is 0.200. The molecule has 0 aliphatic rings. The summed E-state index contributed by atoms with van der Waals surface area (Å²) in [7, 11) is 1.51. The first-order chi connectivity index (χ1) is 9.90. The fourth-order valence-electron chi connectivity index (χ4n) is 1.78. The molecule has 0 radical (unpaired) electrons. The molecule has 0 aliphatic heterocycles. The second kappa shape index (κ2) is 5.95.